The summed E-state index contributed by atoms with van der Waals surface area (Å²) in [5, 5.41) is 36.9. The van der Waals surface area contributed by atoms with Gasteiger partial charge in [-0.3, -0.25) is 15.3 Å². The highest BCUT2D eigenvalue weighted by Crippen LogP contribution is 2.24. The summed E-state index contributed by atoms with van der Waals surface area (Å²) in [6.07, 6.45) is 10.9. The van der Waals surface area contributed by atoms with E-state index < -0.39 is 0 Å². The van der Waals surface area contributed by atoms with Gasteiger partial charge in [-0.05, 0) is 80.5 Å². The molecule has 0 unspecified atom stereocenters. The molecule has 7 rings (SSSR count). The molecule has 0 atom stereocenters. The number of esters is 1. The predicted octanol–water partition coefficient (Wildman–Crippen LogP) is 6.63. The monoisotopic (exact) mass is 676 g/mol. The second kappa shape index (κ2) is 17.5. The number of thiazole rings is 1. The molecule has 0 saturated carbocycles. The van der Waals surface area contributed by atoms with Crippen molar-refractivity contribution >= 4 is 55.1 Å². The van der Waals surface area contributed by atoms with E-state index in [1.54, 1.807) is 0 Å². The Balaban J connectivity index is 0.000000154. The van der Waals surface area contributed by atoms with Gasteiger partial charge >= 0.3 is 5.97 Å². The molecule has 0 amide bonds. The van der Waals surface area contributed by atoms with Gasteiger partial charge in [0.1, 0.15) is 4.88 Å². The number of hydrogen-bond donors (Lipinski definition) is 5. The lowest BCUT2D eigenvalue weighted by molar-refractivity contribution is 0.0605. The third kappa shape index (κ3) is 9.07. The Labute approximate surface area is 288 Å². The van der Waals surface area contributed by atoms with Gasteiger partial charge in [0, 0.05) is 29.1 Å². The summed E-state index contributed by atoms with van der Waals surface area (Å²) in [7, 11) is 1.38. The van der Waals surface area contributed by atoms with Crippen molar-refractivity contribution in [3.8, 4) is 6.07 Å². The molecule has 0 aliphatic carbocycles. The molecule has 7 aromatic rings. The molecule has 13 heteroatoms. The molecule has 0 radical (unpaired) electrons. The van der Waals surface area contributed by atoms with Crippen molar-refractivity contribution in [1.29, 1.82) is 5.26 Å². The maximum Gasteiger partial charge on any atom is 0.350 e. The highest BCUT2D eigenvalue weighted by Gasteiger charge is 2.15. The number of fused-ring (bicyclic) bond motifs is 3. The van der Waals surface area contributed by atoms with Gasteiger partial charge < -0.3 is 15.8 Å². The lowest BCUT2D eigenvalue weighted by Gasteiger charge is -2.04. The number of nitriles is 1. The van der Waals surface area contributed by atoms with Crippen molar-refractivity contribution in [2.75, 3.05) is 25.5 Å². The smallest absolute Gasteiger partial charge is 0.350 e. The summed E-state index contributed by atoms with van der Waals surface area (Å²) in [6.45, 7) is 3.35. The second-order valence-corrected chi connectivity index (χ2v) is 12.3. The minimum Gasteiger partial charge on any atom is -0.465 e. The lowest BCUT2D eigenvalue weighted by atomic mass is 10.1. The van der Waals surface area contributed by atoms with Gasteiger partial charge in [-0.25, -0.2) is 9.78 Å². The molecule has 0 spiro atoms. The zero-order valence-corrected chi connectivity index (χ0v) is 28.4. The number of carbonyl (C=O) groups excluding carboxylic acids is 1. The Morgan fingerprint density at radius 2 is 1.35 bits per heavy atom. The first-order chi connectivity index (χ1) is 24.0. The molecule has 49 heavy (non-hydrogen) atoms. The molecule has 0 bridgehead atoms. The Bertz CT molecular complexity index is 2140. The van der Waals surface area contributed by atoms with Gasteiger partial charge in [-0.1, -0.05) is 47.7 Å². The van der Waals surface area contributed by atoms with Crippen LogP contribution in [0.5, 0.6) is 0 Å². The maximum absolute atomic E-state index is 11.6. The van der Waals surface area contributed by atoms with Crippen molar-refractivity contribution in [1.82, 2.24) is 35.6 Å². The van der Waals surface area contributed by atoms with Crippen molar-refractivity contribution in [3.05, 3.63) is 100 Å². The number of aromatic nitrogens is 7. The molecule has 3 aromatic carbocycles. The minimum absolute atomic E-state index is 0.334. The lowest BCUT2D eigenvalue weighted by Crippen LogP contribution is -2.02. The molecule has 0 aliphatic heterocycles. The summed E-state index contributed by atoms with van der Waals surface area (Å²) in [5.74, 6) is -0.334. The molecule has 6 N–H and O–H groups in total. The summed E-state index contributed by atoms with van der Waals surface area (Å²) in [6, 6.07) is 20.5. The standard InChI is InChI=1S/C16H18N4O2S.C10H13N3.C10H9N3/c1-10-14(15(21)22-2)23-16(19-10)17-8-4-6-11-5-3-7-13-12(11)9-18-20-13;2*11-6-2-4-8-3-1-5-10-9(8)7-12-13-10/h3,5,7,9H,4,6,8H2,1-2H3,(H,17,19)(H,18,20);1,3,5,7H,2,4,6,11H2,(H,12,13);1,3,5,7H,2,4H2,(H,12,13). The van der Waals surface area contributed by atoms with Gasteiger partial charge in [0.2, 0.25) is 0 Å². The number of nitrogens with one attached hydrogen (secondary N) is 4. The van der Waals surface area contributed by atoms with Crippen LogP contribution in [-0.4, -0.2) is 61.7 Å². The van der Waals surface area contributed by atoms with E-state index in [9.17, 15) is 4.79 Å². The summed E-state index contributed by atoms with van der Waals surface area (Å²) < 4.78 is 4.74. The van der Waals surface area contributed by atoms with E-state index in [1.807, 2.05) is 68.0 Å². The minimum atomic E-state index is -0.334. The van der Waals surface area contributed by atoms with Crippen molar-refractivity contribution < 1.29 is 9.53 Å². The molecule has 4 heterocycles. The van der Waals surface area contributed by atoms with Crippen LogP contribution in [0.2, 0.25) is 0 Å². The maximum atomic E-state index is 11.6. The van der Waals surface area contributed by atoms with Gasteiger partial charge in [0.05, 0.1) is 54.0 Å². The number of anilines is 1. The van der Waals surface area contributed by atoms with Crippen LogP contribution in [-0.2, 0) is 24.0 Å². The van der Waals surface area contributed by atoms with Crippen molar-refractivity contribution in [2.45, 2.75) is 45.4 Å². The van der Waals surface area contributed by atoms with Crippen LogP contribution in [0.3, 0.4) is 0 Å². The largest absolute Gasteiger partial charge is 0.465 e. The van der Waals surface area contributed by atoms with Crippen LogP contribution in [0.25, 0.3) is 32.7 Å². The first-order valence-electron chi connectivity index (χ1n) is 16.1. The second-order valence-electron chi connectivity index (χ2n) is 11.3. The Hall–Kier alpha value is -5.58. The van der Waals surface area contributed by atoms with Crippen LogP contribution >= 0.6 is 11.3 Å². The third-order valence-electron chi connectivity index (χ3n) is 7.95. The summed E-state index contributed by atoms with van der Waals surface area (Å²) >= 11 is 1.33. The average Bonchev–Trinajstić information content (AvgIpc) is 3.95. The Kier molecular flexibility index (Phi) is 12.4. The first kappa shape index (κ1) is 34.7. The van der Waals surface area contributed by atoms with Crippen molar-refractivity contribution in [2.24, 2.45) is 5.73 Å². The number of aromatic amines is 3. The van der Waals surface area contributed by atoms with E-state index >= 15 is 0 Å². The highest BCUT2D eigenvalue weighted by molar-refractivity contribution is 7.17. The summed E-state index contributed by atoms with van der Waals surface area (Å²) in [5.41, 5.74) is 13.2. The fraction of sp³-hybridized carbons (Fsp3) is 0.278. The quantitative estimate of drug-likeness (QED) is 0.0740. The fourth-order valence-electron chi connectivity index (χ4n) is 5.45. The number of methoxy groups -OCH3 is 1. The zero-order chi connectivity index (χ0) is 34.4. The van der Waals surface area contributed by atoms with Crippen molar-refractivity contribution in [3.63, 3.8) is 0 Å². The van der Waals surface area contributed by atoms with E-state index in [0.717, 1.165) is 72.3 Å². The molecule has 12 nitrogen and oxygen atoms in total. The molecular formula is C36H40N10O2S. The SMILES string of the molecule is COC(=O)c1sc(NCCCc2cccc3[nH]ncc23)nc1C.N#CCCc1cccc2[nH]ncc12.NCCCc1cccc2[nH]ncc12. The van der Waals surface area contributed by atoms with Crippen LogP contribution in [0.4, 0.5) is 5.13 Å². The molecule has 0 fully saturated rings. The molecule has 0 aliphatic rings. The van der Waals surface area contributed by atoms with E-state index in [0.29, 0.717) is 17.0 Å². The molecule has 0 saturated heterocycles. The number of H-pyrrole nitrogens is 3. The van der Waals surface area contributed by atoms with Crippen LogP contribution < -0.4 is 11.1 Å². The van der Waals surface area contributed by atoms with Crippen LogP contribution in [0.1, 0.15) is 51.3 Å². The van der Waals surface area contributed by atoms with E-state index in [4.69, 9.17) is 15.7 Å². The fourth-order valence-corrected chi connectivity index (χ4v) is 6.36. The predicted molar refractivity (Wildman–Crippen MR) is 195 cm³/mol. The van der Waals surface area contributed by atoms with Gasteiger partial charge in [-0.2, -0.15) is 20.6 Å². The van der Waals surface area contributed by atoms with Crippen LogP contribution in [0.15, 0.2) is 73.2 Å². The Morgan fingerprint density at radius 1 is 0.837 bits per heavy atom. The highest BCUT2D eigenvalue weighted by atomic mass is 32.1. The van der Waals surface area contributed by atoms with E-state index in [1.165, 1.54) is 45.9 Å². The number of benzene rings is 3. The molecule has 252 valence electrons. The third-order valence-corrected chi connectivity index (χ3v) is 9.04. The number of hydrogen-bond acceptors (Lipinski definition) is 10. The van der Waals surface area contributed by atoms with E-state index in [-0.39, 0.29) is 5.97 Å². The Morgan fingerprint density at radius 3 is 1.84 bits per heavy atom. The normalized spacial score (nSPS) is 10.7. The number of nitrogens with two attached hydrogens (primary N) is 1. The number of carbonyl (C=O) groups is 1. The summed E-state index contributed by atoms with van der Waals surface area (Å²) in [4.78, 5) is 16.5. The topological polar surface area (TPSA) is 187 Å². The average molecular weight is 677 g/mol. The van der Waals surface area contributed by atoms with Gasteiger partial charge in [0.15, 0.2) is 5.13 Å². The van der Waals surface area contributed by atoms with Crippen LogP contribution in [0, 0.1) is 18.3 Å². The molecule has 4 aromatic heterocycles. The number of rotatable bonds is 11. The van der Waals surface area contributed by atoms with E-state index in [2.05, 4.69) is 59.1 Å². The van der Waals surface area contributed by atoms with Gasteiger partial charge in [-0.15, -0.1) is 0 Å². The molecular weight excluding hydrogens is 637 g/mol. The zero-order valence-electron chi connectivity index (χ0n) is 27.6. The number of aryl methyl sites for hydroxylation is 4. The first-order valence-corrected chi connectivity index (χ1v) is 16.9. The number of ether oxygens (including phenoxy) is 1. The van der Waals surface area contributed by atoms with Gasteiger partial charge in [0.25, 0.3) is 0 Å². The number of nitrogens with zero attached hydrogens (tertiary/aromatic N) is 5.